The van der Waals surface area contributed by atoms with E-state index in [1.165, 1.54) is 38.5 Å². The molecule has 1 heteroatoms. The van der Waals surface area contributed by atoms with Crippen molar-refractivity contribution in [2.45, 2.75) is 117 Å². The molecule has 4 aliphatic carbocycles. The zero-order valence-electron chi connectivity index (χ0n) is 18.0. The predicted molar refractivity (Wildman–Crippen MR) is 112 cm³/mol. The van der Waals surface area contributed by atoms with Gasteiger partial charge >= 0.3 is 0 Å². The fourth-order valence-electron chi connectivity index (χ4n) is 7.29. The van der Waals surface area contributed by atoms with Crippen molar-refractivity contribution in [3.8, 4) is 0 Å². The third-order valence-electron chi connectivity index (χ3n) is 8.71. The van der Waals surface area contributed by atoms with Crippen LogP contribution < -0.4 is 0 Å². The van der Waals surface area contributed by atoms with Crippen molar-refractivity contribution in [3.05, 3.63) is 0 Å². The van der Waals surface area contributed by atoms with Gasteiger partial charge in [0.05, 0.1) is 6.10 Å². The van der Waals surface area contributed by atoms with Crippen LogP contribution in [0.2, 0.25) is 0 Å². The Bertz CT molecular complexity index is 397. The average Bonchev–Trinajstić information content (AvgIpc) is 2.68. The Kier molecular flexibility index (Phi) is 7.91. The zero-order valence-corrected chi connectivity index (χ0v) is 18.0. The Morgan fingerprint density at radius 1 is 0.615 bits per heavy atom. The number of aliphatic hydroxyl groups excluding tert-OH is 1. The molecule has 0 heterocycles. The van der Waals surface area contributed by atoms with Gasteiger partial charge in [-0.25, -0.2) is 0 Å². The van der Waals surface area contributed by atoms with Gasteiger partial charge in [-0.1, -0.05) is 46.5 Å². The van der Waals surface area contributed by atoms with Crippen LogP contribution in [0.3, 0.4) is 0 Å². The molecule has 4 rings (SSSR count). The lowest BCUT2D eigenvalue weighted by Crippen LogP contribution is -2.41. The first-order valence-corrected chi connectivity index (χ1v) is 12.4. The number of hydrogen-bond donors (Lipinski definition) is 1. The molecule has 152 valence electrons. The standard InChI is InChI=1S/C23H40O.C2H6/c1-16-2-12-22-19(14-16)8-9-20-15-18(7-13-23(20)22)4-3-17-5-10-21(24)11-6-17;1-2/h16-24H,2-15H2,1H3;1-2H3. The number of hydrogen-bond acceptors (Lipinski definition) is 1. The average molecular weight is 363 g/mol. The maximum Gasteiger partial charge on any atom is 0.0540 e. The molecular formula is C25H46O. The highest BCUT2D eigenvalue weighted by Crippen LogP contribution is 2.53. The molecule has 26 heavy (non-hydrogen) atoms. The van der Waals surface area contributed by atoms with Crippen LogP contribution >= 0.6 is 0 Å². The second kappa shape index (κ2) is 9.94. The van der Waals surface area contributed by atoms with Crippen LogP contribution in [0.4, 0.5) is 0 Å². The zero-order chi connectivity index (χ0) is 18.5. The van der Waals surface area contributed by atoms with Crippen LogP contribution in [0.1, 0.15) is 111 Å². The summed E-state index contributed by atoms with van der Waals surface area (Å²) in [6, 6.07) is 0. The molecule has 6 unspecified atom stereocenters. The van der Waals surface area contributed by atoms with Crippen LogP contribution in [0.25, 0.3) is 0 Å². The molecule has 0 bridgehead atoms. The topological polar surface area (TPSA) is 20.2 Å². The van der Waals surface area contributed by atoms with Gasteiger partial charge in [-0.15, -0.1) is 0 Å². The number of fused-ring (bicyclic) bond motifs is 3. The summed E-state index contributed by atoms with van der Waals surface area (Å²) in [5.41, 5.74) is 0. The van der Waals surface area contributed by atoms with Crippen molar-refractivity contribution < 1.29 is 5.11 Å². The van der Waals surface area contributed by atoms with Crippen LogP contribution in [0.5, 0.6) is 0 Å². The van der Waals surface area contributed by atoms with E-state index in [2.05, 4.69) is 6.92 Å². The molecule has 4 aliphatic rings. The molecule has 1 nitrogen and oxygen atoms in total. The molecule has 1 N–H and O–H groups in total. The minimum Gasteiger partial charge on any atom is -0.393 e. The van der Waals surface area contributed by atoms with Gasteiger partial charge in [-0.3, -0.25) is 0 Å². The Morgan fingerprint density at radius 3 is 1.85 bits per heavy atom. The fraction of sp³-hybridized carbons (Fsp3) is 1.00. The van der Waals surface area contributed by atoms with E-state index in [0.29, 0.717) is 0 Å². The second-order valence-corrected chi connectivity index (χ2v) is 10.3. The van der Waals surface area contributed by atoms with E-state index in [4.69, 9.17) is 0 Å². The lowest BCUT2D eigenvalue weighted by molar-refractivity contribution is -0.00205. The first-order chi connectivity index (χ1) is 12.7. The second-order valence-electron chi connectivity index (χ2n) is 10.3. The van der Waals surface area contributed by atoms with Gasteiger partial charge in [0.15, 0.2) is 0 Å². The van der Waals surface area contributed by atoms with Crippen molar-refractivity contribution in [3.63, 3.8) is 0 Å². The summed E-state index contributed by atoms with van der Waals surface area (Å²) >= 11 is 0. The number of aliphatic hydroxyl groups is 1. The fourth-order valence-corrected chi connectivity index (χ4v) is 7.29. The summed E-state index contributed by atoms with van der Waals surface area (Å²) in [5, 5.41) is 9.68. The van der Waals surface area contributed by atoms with E-state index >= 15 is 0 Å². The van der Waals surface area contributed by atoms with E-state index in [1.807, 2.05) is 13.8 Å². The van der Waals surface area contributed by atoms with Gasteiger partial charge in [0.25, 0.3) is 0 Å². The SMILES string of the molecule is CC.CC1CCC2C(CCC3CC(CCC4CCC(O)CC4)CCC32)C1. The third-order valence-corrected chi connectivity index (χ3v) is 8.71. The Balaban J connectivity index is 0.000000948. The highest BCUT2D eigenvalue weighted by atomic mass is 16.3. The van der Waals surface area contributed by atoms with Crippen LogP contribution in [-0.4, -0.2) is 11.2 Å². The molecule has 4 saturated carbocycles. The largest absolute Gasteiger partial charge is 0.393 e. The van der Waals surface area contributed by atoms with Gasteiger partial charge in [0.2, 0.25) is 0 Å². The van der Waals surface area contributed by atoms with E-state index in [0.717, 1.165) is 54.3 Å². The van der Waals surface area contributed by atoms with E-state index < -0.39 is 0 Å². The molecule has 0 saturated heterocycles. The van der Waals surface area contributed by atoms with E-state index in [9.17, 15) is 5.11 Å². The molecule has 6 atom stereocenters. The van der Waals surface area contributed by atoms with E-state index in [-0.39, 0.29) is 6.10 Å². The maximum atomic E-state index is 9.68. The van der Waals surface area contributed by atoms with Crippen LogP contribution in [0, 0.1) is 41.4 Å². The first kappa shape index (κ1) is 20.7. The van der Waals surface area contributed by atoms with Crippen LogP contribution in [-0.2, 0) is 0 Å². The van der Waals surface area contributed by atoms with Crippen molar-refractivity contribution in [1.29, 1.82) is 0 Å². The van der Waals surface area contributed by atoms with Crippen molar-refractivity contribution >= 4 is 0 Å². The summed E-state index contributed by atoms with van der Waals surface area (Å²) in [4.78, 5) is 0. The summed E-state index contributed by atoms with van der Waals surface area (Å²) in [5.74, 6) is 7.39. The normalized spacial score (nSPS) is 45.7. The Hall–Kier alpha value is -0.0400. The highest BCUT2D eigenvalue weighted by molar-refractivity contribution is 4.94. The number of rotatable bonds is 3. The maximum absolute atomic E-state index is 9.68. The molecular weight excluding hydrogens is 316 g/mol. The molecule has 4 fully saturated rings. The lowest BCUT2D eigenvalue weighted by atomic mass is 9.55. The lowest BCUT2D eigenvalue weighted by Gasteiger charge is -2.50. The minimum atomic E-state index is 0.0186. The van der Waals surface area contributed by atoms with Crippen molar-refractivity contribution in [1.82, 2.24) is 0 Å². The van der Waals surface area contributed by atoms with Gasteiger partial charge in [-0.05, 0) is 106 Å². The molecule has 0 radical (unpaired) electrons. The first-order valence-electron chi connectivity index (χ1n) is 12.4. The molecule has 0 spiro atoms. The smallest absolute Gasteiger partial charge is 0.0540 e. The highest BCUT2D eigenvalue weighted by Gasteiger charge is 2.43. The predicted octanol–water partition coefficient (Wildman–Crippen LogP) is 7.22. The third kappa shape index (κ3) is 5.06. The summed E-state index contributed by atoms with van der Waals surface area (Å²) in [6.45, 7) is 6.49. The molecule has 0 amide bonds. The summed E-state index contributed by atoms with van der Waals surface area (Å²) in [6.07, 6.45) is 20.1. The summed E-state index contributed by atoms with van der Waals surface area (Å²) in [7, 11) is 0. The monoisotopic (exact) mass is 362 g/mol. The van der Waals surface area contributed by atoms with Gasteiger partial charge in [0.1, 0.15) is 0 Å². The quantitative estimate of drug-likeness (QED) is 0.561. The summed E-state index contributed by atoms with van der Waals surface area (Å²) < 4.78 is 0. The minimum absolute atomic E-state index is 0.0186. The van der Waals surface area contributed by atoms with Crippen LogP contribution in [0.15, 0.2) is 0 Å². The molecule has 0 aliphatic heterocycles. The van der Waals surface area contributed by atoms with Gasteiger partial charge in [-0.2, -0.15) is 0 Å². The Labute approximate surface area is 163 Å². The van der Waals surface area contributed by atoms with Gasteiger partial charge < -0.3 is 5.11 Å². The van der Waals surface area contributed by atoms with E-state index in [1.54, 1.807) is 38.5 Å². The molecule has 0 aromatic heterocycles. The van der Waals surface area contributed by atoms with Crippen molar-refractivity contribution in [2.75, 3.05) is 0 Å². The molecule has 0 aromatic carbocycles. The van der Waals surface area contributed by atoms with Crippen molar-refractivity contribution in [2.24, 2.45) is 41.4 Å². The van der Waals surface area contributed by atoms with Gasteiger partial charge in [0, 0.05) is 0 Å². The molecule has 0 aromatic rings. The Morgan fingerprint density at radius 2 is 1.15 bits per heavy atom.